The third-order valence-electron chi connectivity index (χ3n) is 2.32. The summed E-state index contributed by atoms with van der Waals surface area (Å²) in [4.78, 5) is 14.5. The van der Waals surface area contributed by atoms with Gasteiger partial charge in [0.1, 0.15) is 0 Å². The molecule has 0 fully saturated rings. The quantitative estimate of drug-likeness (QED) is 0.797. The van der Waals surface area contributed by atoms with Gasteiger partial charge >= 0.3 is 0 Å². The minimum Gasteiger partial charge on any atom is -0.369 e. The van der Waals surface area contributed by atoms with Crippen LogP contribution >= 0.6 is 15.9 Å². The summed E-state index contributed by atoms with van der Waals surface area (Å²) in [5, 5.41) is 6.34. The molecular weight excluding hydrogens is 338 g/mol. The molecule has 0 saturated carbocycles. The highest BCUT2D eigenvalue weighted by Crippen LogP contribution is 2.29. The first-order chi connectivity index (χ1) is 9.49. The Morgan fingerprint density at radius 3 is 2.90 bits per heavy atom. The normalized spacial score (nSPS) is 10.8. The molecule has 2 aromatic rings. The number of carbonyl (C=O) groups excluding carboxylic acids is 1. The lowest BCUT2D eigenvalue weighted by Crippen LogP contribution is -2.28. The fourth-order valence-electron chi connectivity index (χ4n) is 1.43. The van der Waals surface area contributed by atoms with Crippen LogP contribution < -0.4 is 11.1 Å². The minimum atomic E-state index is -1.03. The third kappa shape index (κ3) is 3.17. The van der Waals surface area contributed by atoms with E-state index in [0.717, 1.165) is 6.07 Å². The summed E-state index contributed by atoms with van der Waals surface area (Å²) in [7, 11) is 0. The van der Waals surface area contributed by atoms with E-state index in [1.807, 2.05) is 0 Å². The molecule has 0 aliphatic heterocycles. The summed E-state index contributed by atoms with van der Waals surface area (Å²) in [6.07, 6.45) is 0. The molecule has 3 N–H and O–H groups in total. The Kier molecular flexibility index (Phi) is 4.40. The predicted octanol–water partition coefficient (Wildman–Crippen LogP) is 1.35. The number of hydrogen-bond donors (Lipinski definition) is 2. The zero-order valence-corrected chi connectivity index (χ0v) is 11.6. The summed E-state index contributed by atoms with van der Waals surface area (Å²) < 4.78 is 31.2. The van der Waals surface area contributed by atoms with Gasteiger partial charge in [-0.25, -0.2) is 8.78 Å². The van der Waals surface area contributed by atoms with Gasteiger partial charge in [-0.1, -0.05) is 5.16 Å². The van der Waals surface area contributed by atoms with Crippen molar-refractivity contribution in [3.05, 3.63) is 34.1 Å². The van der Waals surface area contributed by atoms with Crippen molar-refractivity contribution >= 4 is 21.8 Å². The maximum atomic E-state index is 13.4. The van der Waals surface area contributed by atoms with Crippen molar-refractivity contribution in [3.8, 4) is 11.4 Å². The number of hydrogen-bond acceptors (Lipinski definition) is 5. The fourth-order valence-corrected chi connectivity index (χ4v) is 1.93. The number of carbonyl (C=O) groups is 1. The second kappa shape index (κ2) is 6.06. The van der Waals surface area contributed by atoms with Crippen molar-refractivity contribution in [1.29, 1.82) is 0 Å². The van der Waals surface area contributed by atoms with E-state index in [2.05, 4.69) is 31.4 Å². The predicted molar refractivity (Wildman–Crippen MR) is 68.3 cm³/mol. The van der Waals surface area contributed by atoms with E-state index in [1.165, 1.54) is 6.07 Å². The molecule has 0 aliphatic carbocycles. The van der Waals surface area contributed by atoms with Crippen LogP contribution in [0.15, 0.2) is 21.1 Å². The zero-order chi connectivity index (χ0) is 14.7. The topological polar surface area (TPSA) is 94.0 Å². The van der Waals surface area contributed by atoms with E-state index in [0.29, 0.717) is 0 Å². The summed E-state index contributed by atoms with van der Waals surface area (Å²) in [5.74, 6) is -2.23. The van der Waals surface area contributed by atoms with E-state index in [9.17, 15) is 13.6 Å². The van der Waals surface area contributed by atoms with Gasteiger partial charge in [0, 0.05) is 5.56 Å². The maximum absolute atomic E-state index is 13.4. The van der Waals surface area contributed by atoms with Crippen LogP contribution in [0, 0.1) is 11.6 Å². The first kappa shape index (κ1) is 14.5. The Bertz CT molecular complexity index is 647. The van der Waals surface area contributed by atoms with Crippen LogP contribution in [0.1, 0.15) is 5.89 Å². The summed E-state index contributed by atoms with van der Waals surface area (Å²) >= 11 is 2.94. The van der Waals surface area contributed by atoms with Crippen LogP contribution in [0.4, 0.5) is 8.78 Å². The molecule has 1 aromatic heterocycles. The molecule has 0 unspecified atom stereocenters. The summed E-state index contributed by atoms with van der Waals surface area (Å²) in [5.41, 5.74) is 5.21. The lowest BCUT2D eigenvalue weighted by molar-refractivity contribution is -0.117. The third-order valence-corrected chi connectivity index (χ3v) is 3.09. The second-order valence-corrected chi connectivity index (χ2v) is 4.60. The maximum Gasteiger partial charge on any atom is 0.240 e. The van der Waals surface area contributed by atoms with E-state index in [-0.39, 0.29) is 34.8 Å². The zero-order valence-electron chi connectivity index (χ0n) is 9.99. The Labute approximate surface area is 120 Å². The molecule has 0 aliphatic rings. The van der Waals surface area contributed by atoms with Crippen molar-refractivity contribution in [2.75, 3.05) is 6.54 Å². The van der Waals surface area contributed by atoms with Crippen LogP contribution in [-0.2, 0) is 11.3 Å². The van der Waals surface area contributed by atoms with Gasteiger partial charge in [0.2, 0.25) is 17.6 Å². The Morgan fingerprint density at radius 2 is 2.20 bits per heavy atom. The summed E-state index contributed by atoms with van der Waals surface area (Å²) in [6.45, 7) is 0.101. The molecule has 0 atom stereocenters. The van der Waals surface area contributed by atoms with E-state index < -0.39 is 17.5 Å². The van der Waals surface area contributed by atoms with Crippen LogP contribution in [-0.4, -0.2) is 22.6 Å². The largest absolute Gasteiger partial charge is 0.369 e. The van der Waals surface area contributed by atoms with Crippen molar-refractivity contribution in [3.63, 3.8) is 0 Å². The molecule has 106 valence electrons. The Hall–Kier alpha value is -1.87. The molecule has 2 rings (SSSR count). The van der Waals surface area contributed by atoms with Crippen LogP contribution in [0.5, 0.6) is 0 Å². The van der Waals surface area contributed by atoms with Gasteiger partial charge in [-0.05, 0) is 28.1 Å². The number of primary amides is 1. The Balaban J connectivity index is 2.17. The monoisotopic (exact) mass is 346 g/mol. The number of benzene rings is 1. The number of halogens is 3. The molecule has 0 bridgehead atoms. The standard InChI is InChI=1S/C11H9BrF2N4O2/c12-9-5(1-2-6(13)10(9)14)11-17-8(20-18-11)4-16-3-7(15)19/h1-2,16H,3-4H2,(H2,15,19). The SMILES string of the molecule is NC(=O)CNCc1nc(-c2ccc(F)c(F)c2Br)no1. The lowest BCUT2D eigenvalue weighted by atomic mass is 10.2. The minimum absolute atomic E-state index is 0.0351. The molecule has 1 amide bonds. The van der Waals surface area contributed by atoms with Gasteiger partial charge < -0.3 is 10.3 Å². The van der Waals surface area contributed by atoms with Gasteiger partial charge in [-0.2, -0.15) is 4.98 Å². The fraction of sp³-hybridized carbons (Fsp3) is 0.182. The second-order valence-electron chi connectivity index (χ2n) is 3.80. The molecule has 9 heteroatoms. The summed E-state index contributed by atoms with van der Waals surface area (Å²) in [6, 6.07) is 2.30. The highest BCUT2D eigenvalue weighted by molar-refractivity contribution is 9.10. The molecule has 0 spiro atoms. The molecule has 0 radical (unpaired) electrons. The smallest absolute Gasteiger partial charge is 0.240 e. The number of rotatable bonds is 5. The van der Waals surface area contributed by atoms with Gasteiger partial charge in [0.15, 0.2) is 11.6 Å². The molecule has 1 heterocycles. The lowest BCUT2D eigenvalue weighted by Gasteiger charge is -2.01. The van der Waals surface area contributed by atoms with Crippen LogP contribution in [0.3, 0.4) is 0 Å². The molecule has 20 heavy (non-hydrogen) atoms. The first-order valence-corrected chi connectivity index (χ1v) is 6.24. The van der Waals surface area contributed by atoms with E-state index in [4.69, 9.17) is 10.3 Å². The van der Waals surface area contributed by atoms with Crippen molar-refractivity contribution < 1.29 is 18.1 Å². The number of nitrogens with zero attached hydrogens (tertiary/aromatic N) is 2. The average Bonchev–Trinajstić information content (AvgIpc) is 2.84. The van der Waals surface area contributed by atoms with Crippen LogP contribution in [0.2, 0.25) is 0 Å². The first-order valence-electron chi connectivity index (χ1n) is 5.44. The van der Waals surface area contributed by atoms with Crippen molar-refractivity contribution in [2.24, 2.45) is 5.73 Å². The number of nitrogens with two attached hydrogens (primary N) is 1. The Morgan fingerprint density at radius 1 is 1.45 bits per heavy atom. The number of aromatic nitrogens is 2. The average molecular weight is 347 g/mol. The van der Waals surface area contributed by atoms with Crippen LogP contribution in [0.25, 0.3) is 11.4 Å². The van der Waals surface area contributed by atoms with Gasteiger partial charge in [-0.3, -0.25) is 10.1 Å². The van der Waals surface area contributed by atoms with Crippen molar-refractivity contribution in [2.45, 2.75) is 6.54 Å². The van der Waals surface area contributed by atoms with E-state index >= 15 is 0 Å². The molecule has 6 nitrogen and oxygen atoms in total. The number of amides is 1. The van der Waals surface area contributed by atoms with Gasteiger partial charge in [0.25, 0.3) is 0 Å². The van der Waals surface area contributed by atoms with E-state index in [1.54, 1.807) is 0 Å². The molecule has 0 saturated heterocycles. The number of nitrogens with one attached hydrogen (secondary N) is 1. The molecular formula is C11H9BrF2N4O2. The van der Waals surface area contributed by atoms with Crippen molar-refractivity contribution in [1.82, 2.24) is 15.5 Å². The molecule has 1 aromatic carbocycles. The van der Waals surface area contributed by atoms with Gasteiger partial charge in [-0.15, -0.1) is 0 Å². The highest BCUT2D eigenvalue weighted by Gasteiger charge is 2.16. The highest BCUT2D eigenvalue weighted by atomic mass is 79.9. The van der Waals surface area contributed by atoms with Gasteiger partial charge in [0.05, 0.1) is 17.6 Å².